The zero-order valence-electron chi connectivity index (χ0n) is 17.4. The Kier molecular flexibility index (Phi) is 7.43. The first-order chi connectivity index (χ1) is 14.6. The van der Waals surface area contributed by atoms with E-state index >= 15 is 0 Å². The first-order valence-corrected chi connectivity index (χ1v) is 10.2. The van der Waals surface area contributed by atoms with Gasteiger partial charge in [-0.2, -0.15) is 0 Å². The molecule has 0 unspecified atom stereocenters. The standard InChI is InChI=1S/C23H28FN5O/c1-3-10-26-22(30)17-6-4-5-16(12-17)14-29-23(25-2)27-11-9-18-15-28-21-8-7-19(24)13-20(18)21/h4-8,12-13,15,28H,3,9-11,14H2,1-2H3,(H,26,30)(H2,25,27,29). The van der Waals surface area contributed by atoms with Crippen molar-refractivity contribution in [3.8, 4) is 0 Å². The van der Waals surface area contributed by atoms with Gasteiger partial charge in [0, 0.05) is 49.3 Å². The second kappa shape index (κ2) is 10.4. The number of amides is 1. The van der Waals surface area contributed by atoms with Crippen LogP contribution in [-0.2, 0) is 13.0 Å². The summed E-state index contributed by atoms with van der Waals surface area (Å²) in [6, 6.07) is 12.3. The average Bonchev–Trinajstić information content (AvgIpc) is 3.16. The number of nitrogens with one attached hydrogen (secondary N) is 4. The van der Waals surface area contributed by atoms with Crippen LogP contribution in [0.4, 0.5) is 4.39 Å². The summed E-state index contributed by atoms with van der Waals surface area (Å²) in [5, 5.41) is 10.3. The van der Waals surface area contributed by atoms with Gasteiger partial charge in [0.2, 0.25) is 0 Å². The molecular formula is C23H28FN5O. The number of H-pyrrole nitrogens is 1. The van der Waals surface area contributed by atoms with E-state index in [2.05, 4.69) is 25.9 Å². The molecule has 0 saturated carbocycles. The number of fused-ring (bicyclic) bond motifs is 1. The third-order valence-corrected chi connectivity index (χ3v) is 4.82. The number of aromatic amines is 1. The van der Waals surface area contributed by atoms with Gasteiger partial charge in [-0.05, 0) is 54.3 Å². The van der Waals surface area contributed by atoms with Crippen LogP contribution in [0.15, 0.2) is 53.7 Å². The largest absolute Gasteiger partial charge is 0.361 e. The number of guanidine groups is 1. The minimum Gasteiger partial charge on any atom is -0.361 e. The third kappa shape index (κ3) is 5.59. The molecule has 6 nitrogen and oxygen atoms in total. The van der Waals surface area contributed by atoms with Crippen molar-refractivity contribution in [1.29, 1.82) is 0 Å². The van der Waals surface area contributed by atoms with Crippen molar-refractivity contribution in [2.75, 3.05) is 20.1 Å². The summed E-state index contributed by atoms with van der Waals surface area (Å²) in [5.74, 6) is 0.373. The van der Waals surface area contributed by atoms with E-state index in [1.165, 1.54) is 6.07 Å². The molecule has 7 heteroatoms. The number of hydrogen-bond acceptors (Lipinski definition) is 2. The number of hydrogen-bond donors (Lipinski definition) is 4. The van der Waals surface area contributed by atoms with Crippen molar-refractivity contribution in [3.63, 3.8) is 0 Å². The predicted molar refractivity (Wildman–Crippen MR) is 119 cm³/mol. The summed E-state index contributed by atoms with van der Waals surface area (Å²) in [4.78, 5) is 19.5. The topological polar surface area (TPSA) is 81.3 Å². The maximum Gasteiger partial charge on any atom is 0.251 e. The highest BCUT2D eigenvalue weighted by molar-refractivity contribution is 5.94. The van der Waals surface area contributed by atoms with Gasteiger partial charge in [-0.15, -0.1) is 0 Å². The SMILES string of the molecule is CCCNC(=O)c1cccc(CNC(=NC)NCCc2c[nH]c3ccc(F)cc23)c1. The highest BCUT2D eigenvalue weighted by atomic mass is 19.1. The highest BCUT2D eigenvalue weighted by Crippen LogP contribution is 2.19. The number of rotatable bonds is 8. The van der Waals surface area contributed by atoms with E-state index in [4.69, 9.17) is 0 Å². The molecule has 1 amide bonds. The lowest BCUT2D eigenvalue weighted by atomic mass is 10.1. The number of carbonyl (C=O) groups is 1. The number of benzene rings is 2. The molecule has 0 saturated heterocycles. The first kappa shape index (κ1) is 21.4. The monoisotopic (exact) mass is 409 g/mol. The quantitative estimate of drug-likeness (QED) is 0.340. The zero-order valence-corrected chi connectivity index (χ0v) is 17.4. The van der Waals surface area contributed by atoms with Gasteiger partial charge in [-0.3, -0.25) is 9.79 Å². The van der Waals surface area contributed by atoms with Gasteiger partial charge in [-0.1, -0.05) is 19.1 Å². The van der Waals surface area contributed by atoms with Crippen LogP contribution in [0.3, 0.4) is 0 Å². The molecule has 0 spiro atoms. The summed E-state index contributed by atoms with van der Waals surface area (Å²) in [6.45, 7) is 3.90. The molecule has 158 valence electrons. The summed E-state index contributed by atoms with van der Waals surface area (Å²) >= 11 is 0. The average molecular weight is 410 g/mol. The van der Waals surface area contributed by atoms with E-state index in [1.54, 1.807) is 19.2 Å². The molecule has 0 fully saturated rings. The van der Waals surface area contributed by atoms with Crippen molar-refractivity contribution in [3.05, 3.63) is 71.2 Å². The molecule has 1 heterocycles. The number of halogens is 1. The summed E-state index contributed by atoms with van der Waals surface area (Å²) < 4.78 is 13.5. The van der Waals surface area contributed by atoms with Crippen LogP contribution in [0.25, 0.3) is 10.9 Å². The van der Waals surface area contributed by atoms with Crippen LogP contribution < -0.4 is 16.0 Å². The minimum absolute atomic E-state index is 0.0589. The Morgan fingerprint density at radius 3 is 2.77 bits per heavy atom. The second-order valence-corrected chi connectivity index (χ2v) is 7.06. The Morgan fingerprint density at radius 2 is 1.97 bits per heavy atom. The Balaban J connectivity index is 1.51. The van der Waals surface area contributed by atoms with E-state index in [0.717, 1.165) is 34.9 Å². The van der Waals surface area contributed by atoms with Crippen molar-refractivity contribution in [1.82, 2.24) is 20.9 Å². The van der Waals surface area contributed by atoms with Crippen LogP contribution in [0.2, 0.25) is 0 Å². The molecule has 30 heavy (non-hydrogen) atoms. The van der Waals surface area contributed by atoms with Crippen molar-refractivity contribution < 1.29 is 9.18 Å². The van der Waals surface area contributed by atoms with Gasteiger partial charge in [-0.25, -0.2) is 4.39 Å². The Hall–Kier alpha value is -3.35. The molecule has 0 atom stereocenters. The third-order valence-electron chi connectivity index (χ3n) is 4.82. The van der Waals surface area contributed by atoms with E-state index in [0.29, 0.717) is 31.2 Å². The van der Waals surface area contributed by atoms with Gasteiger partial charge < -0.3 is 20.9 Å². The molecule has 1 aromatic heterocycles. The van der Waals surface area contributed by atoms with E-state index in [-0.39, 0.29) is 11.7 Å². The molecule has 4 N–H and O–H groups in total. The van der Waals surface area contributed by atoms with E-state index in [9.17, 15) is 9.18 Å². The molecule has 0 bridgehead atoms. The summed E-state index contributed by atoms with van der Waals surface area (Å²) in [6.07, 6.45) is 3.55. The molecule has 2 aromatic carbocycles. The molecule has 0 aliphatic carbocycles. The van der Waals surface area contributed by atoms with Gasteiger partial charge >= 0.3 is 0 Å². The lowest BCUT2D eigenvalue weighted by molar-refractivity contribution is 0.0953. The molecule has 0 aliphatic rings. The number of nitrogens with zero attached hydrogens (tertiary/aromatic N) is 1. The predicted octanol–water partition coefficient (Wildman–Crippen LogP) is 3.35. The highest BCUT2D eigenvalue weighted by Gasteiger charge is 2.07. The van der Waals surface area contributed by atoms with E-state index < -0.39 is 0 Å². The van der Waals surface area contributed by atoms with Crippen molar-refractivity contribution in [2.45, 2.75) is 26.3 Å². The van der Waals surface area contributed by atoms with Crippen LogP contribution in [-0.4, -0.2) is 37.0 Å². The lowest BCUT2D eigenvalue weighted by Crippen LogP contribution is -2.37. The molecular weight excluding hydrogens is 381 g/mol. The van der Waals surface area contributed by atoms with Crippen LogP contribution in [0.5, 0.6) is 0 Å². The van der Waals surface area contributed by atoms with Crippen LogP contribution >= 0.6 is 0 Å². The Labute approximate surface area is 176 Å². The lowest BCUT2D eigenvalue weighted by Gasteiger charge is -2.12. The fraction of sp³-hybridized carbons (Fsp3) is 0.304. The van der Waals surface area contributed by atoms with Gasteiger partial charge in [0.15, 0.2) is 5.96 Å². The Bertz CT molecular complexity index is 1030. The smallest absolute Gasteiger partial charge is 0.251 e. The number of carbonyl (C=O) groups excluding carboxylic acids is 1. The first-order valence-electron chi connectivity index (χ1n) is 10.2. The molecule has 0 aliphatic heterocycles. The van der Waals surface area contributed by atoms with E-state index in [1.807, 2.05) is 37.4 Å². The molecule has 0 radical (unpaired) electrons. The summed E-state index contributed by atoms with van der Waals surface area (Å²) in [7, 11) is 1.71. The summed E-state index contributed by atoms with van der Waals surface area (Å²) in [5.41, 5.74) is 3.63. The van der Waals surface area contributed by atoms with Gasteiger partial charge in [0.05, 0.1) is 0 Å². The zero-order chi connectivity index (χ0) is 21.3. The maximum atomic E-state index is 13.5. The Morgan fingerprint density at radius 1 is 1.10 bits per heavy atom. The maximum absolute atomic E-state index is 13.5. The second-order valence-electron chi connectivity index (χ2n) is 7.06. The van der Waals surface area contributed by atoms with Crippen LogP contribution in [0, 0.1) is 5.82 Å². The fourth-order valence-electron chi connectivity index (χ4n) is 3.24. The fourth-order valence-corrected chi connectivity index (χ4v) is 3.24. The number of aliphatic imine (C=N–C) groups is 1. The minimum atomic E-state index is -0.237. The van der Waals surface area contributed by atoms with Crippen molar-refractivity contribution >= 4 is 22.8 Å². The molecule has 3 aromatic rings. The van der Waals surface area contributed by atoms with Gasteiger partial charge in [0.1, 0.15) is 5.82 Å². The van der Waals surface area contributed by atoms with Crippen molar-refractivity contribution in [2.24, 2.45) is 4.99 Å². The van der Waals surface area contributed by atoms with Gasteiger partial charge in [0.25, 0.3) is 5.91 Å². The number of aromatic nitrogens is 1. The van der Waals surface area contributed by atoms with Crippen LogP contribution in [0.1, 0.15) is 34.8 Å². The normalized spacial score (nSPS) is 11.5. The molecule has 3 rings (SSSR count).